The molecular formula is C12H10F4N2O. The van der Waals surface area contributed by atoms with Gasteiger partial charge in [-0.05, 0) is 23.6 Å². The number of aromatic nitrogens is 1. The standard InChI is InChI=1S/C12H10F4N2O/c13-11(14)12(15,16)6-18-10(19)8-2-1-7-3-4-17-9(7)5-8/h1-5,11,17H,6H2,(H,18,19). The minimum absolute atomic E-state index is 0.125. The Morgan fingerprint density at radius 2 is 2.05 bits per heavy atom. The lowest BCUT2D eigenvalue weighted by Crippen LogP contribution is -2.41. The molecule has 0 aliphatic carbocycles. The SMILES string of the molecule is O=C(NCC(F)(F)C(F)F)c1ccc2cc[nH]c2c1. The summed E-state index contributed by atoms with van der Waals surface area (Å²) in [6, 6.07) is 6.31. The highest BCUT2D eigenvalue weighted by Gasteiger charge is 2.40. The summed E-state index contributed by atoms with van der Waals surface area (Å²) in [6.45, 7) is -1.40. The van der Waals surface area contributed by atoms with E-state index < -0.39 is 24.8 Å². The largest absolute Gasteiger partial charge is 0.361 e. The van der Waals surface area contributed by atoms with E-state index in [-0.39, 0.29) is 5.56 Å². The van der Waals surface area contributed by atoms with Gasteiger partial charge in [0.25, 0.3) is 5.91 Å². The summed E-state index contributed by atoms with van der Waals surface area (Å²) in [5.41, 5.74) is 0.785. The number of halogens is 4. The molecule has 0 fully saturated rings. The van der Waals surface area contributed by atoms with Crippen molar-refractivity contribution in [3.05, 3.63) is 36.0 Å². The molecular weight excluding hydrogens is 264 g/mol. The van der Waals surface area contributed by atoms with Gasteiger partial charge in [0, 0.05) is 17.3 Å². The van der Waals surface area contributed by atoms with Crippen molar-refractivity contribution in [3.63, 3.8) is 0 Å². The molecule has 1 aromatic heterocycles. The van der Waals surface area contributed by atoms with Gasteiger partial charge in [0.15, 0.2) is 0 Å². The third-order valence-electron chi connectivity index (χ3n) is 2.62. The van der Waals surface area contributed by atoms with Crippen LogP contribution in [0.1, 0.15) is 10.4 Å². The molecule has 2 N–H and O–H groups in total. The molecule has 2 rings (SSSR count). The van der Waals surface area contributed by atoms with E-state index >= 15 is 0 Å². The first-order chi connectivity index (χ1) is 8.90. The van der Waals surface area contributed by atoms with E-state index in [2.05, 4.69) is 4.98 Å². The van der Waals surface area contributed by atoms with Crippen LogP contribution >= 0.6 is 0 Å². The number of carbonyl (C=O) groups excluding carboxylic acids is 1. The zero-order valence-electron chi connectivity index (χ0n) is 9.59. The number of aromatic amines is 1. The monoisotopic (exact) mass is 274 g/mol. The summed E-state index contributed by atoms with van der Waals surface area (Å²) in [6.07, 6.45) is -2.14. The molecule has 0 atom stereocenters. The van der Waals surface area contributed by atoms with Crippen LogP contribution in [0.5, 0.6) is 0 Å². The maximum absolute atomic E-state index is 12.7. The van der Waals surface area contributed by atoms with Gasteiger partial charge in [-0.2, -0.15) is 8.78 Å². The van der Waals surface area contributed by atoms with Crippen LogP contribution in [0.3, 0.4) is 0 Å². The van der Waals surface area contributed by atoms with Gasteiger partial charge in [-0.3, -0.25) is 4.79 Å². The van der Waals surface area contributed by atoms with Gasteiger partial charge < -0.3 is 10.3 Å². The molecule has 2 aromatic rings. The molecule has 0 spiro atoms. The third kappa shape index (κ3) is 2.86. The number of nitrogens with one attached hydrogen (secondary N) is 2. The van der Waals surface area contributed by atoms with Crippen LogP contribution in [0.25, 0.3) is 10.9 Å². The summed E-state index contributed by atoms with van der Waals surface area (Å²) < 4.78 is 49.2. The van der Waals surface area contributed by atoms with E-state index in [4.69, 9.17) is 0 Å². The number of carbonyl (C=O) groups is 1. The van der Waals surface area contributed by atoms with Crippen molar-refractivity contribution < 1.29 is 22.4 Å². The normalized spacial score (nSPS) is 12.1. The van der Waals surface area contributed by atoms with E-state index in [9.17, 15) is 22.4 Å². The predicted molar refractivity (Wildman–Crippen MR) is 61.6 cm³/mol. The molecule has 102 valence electrons. The van der Waals surface area contributed by atoms with E-state index in [1.54, 1.807) is 23.6 Å². The molecule has 0 radical (unpaired) electrons. The fourth-order valence-electron chi connectivity index (χ4n) is 1.57. The Labute approximate surface area is 105 Å². The Balaban J connectivity index is 2.07. The minimum Gasteiger partial charge on any atom is -0.361 e. The molecule has 0 aliphatic heterocycles. The maximum atomic E-state index is 12.7. The lowest BCUT2D eigenvalue weighted by Gasteiger charge is -2.15. The maximum Gasteiger partial charge on any atom is 0.324 e. The molecule has 1 heterocycles. The quantitative estimate of drug-likeness (QED) is 0.827. The lowest BCUT2D eigenvalue weighted by molar-refractivity contribution is -0.123. The molecule has 19 heavy (non-hydrogen) atoms. The number of benzene rings is 1. The number of amides is 1. The van der Waals surface area contributed by atoms with Crippen molar-refractivity contribution in [2.45, 2.75) is 12.3 Å². The van der Waals surface area contributed by atoms with E-state index in [0.29, 0.717) is 5.52 Å². The highest BCUT2D eigenvalue weighted by atomic mass is 19.3. The van der Waals surface area contributed by atoms with Crippen LogP contribution in [0.2, 0.25) is 0 Å². The first-order valence-corrected chi connectivity index (χ1v) is 5.41. The Morgan fingerprint density at radius 1 is 1.32 bits per heavy atom. The molecule has 3 nitrogen and oxygen atoms in total. The second kappa shape index (κ2) is 4.91. The minimum atomic E-state index is -4.23. The number of H-pyrrole nitrogens is 1. The average molecular weight is 274 g/mol. The third-order valence-corrected chi connectivity index (χ3v) is 2.62. The molecule has 0 unspecified atom stereocenters. The predicted octanol–water partition coefficient (Wildman–Crippen LogP) is 2.80. The van der Waals surface area contributed by atoms with Crippen molar-refractivity contribution in [1.82, 2.24) is 10.3 Å². The van der Waals surface area contributed by atoms with Crippen LogP contribution in [-0.2, 0) is 0 Å². The fraction of sp³-hybridized carbons (Fsp3) is 0.250. The van der Waals surface area contributed by atoms with Gasteiger partial charge in [-0.15, -0.1) is 0 Å². The van der Waals surface area contributed by atoms with E-state index in [0.717, 1.165) is 5.39 Å². The van der Waals surface area contributed by atoms with Crippen molar-refractivity contribution in [1.29, 1.82) is 0 Å². The molecule has 1 amide bonds. The van der Waals surface area contributed by atoms with Crippen molar-refractivity contribution >= 4 is 16.8 Å². The topological polar surface area (TPSA) is 44.9 Å². The van der Waals surface area contributed by atoms with Crippen molar-refractivity contribution in [3.8, 4) is 0 Å². The average Bonchev–Trinajstić information content (AvgIpc) is 2.82. The first-order valence-electron chi connectivity index (χ1n) is 5.41. The number of rotatable bonds is 4. The number of hydrogen-bond acceptors (Lipinski definition) is 1. The Hall–Kier alpha value is -2.05. The molecule has 0 bridgehead atoms. The smallest absolute Gasteiger partial charge is 0.324 e. The Morgan fingerprint density at radius 3 is 2.74 bits per heavy atom. The van der Waals surface area contributed by atoms with E-state index in [1.165, 1.54) is 12.1 Å². The number of alkyl halides is 4. The zero-order chi connectivity index (χ0) is 14.0. The number of hydrogen-bond donors (Lipinski definition) is 2. The second-order valence-electron chi connectivity index (χ2n) is 4.02. The molecule has 1 aromatic carbocycles. The van der Waals surface area contributed by atoms with Crippen molar-refractivity contribution in [2.24, 2.45) is 0 Å². The Kier molecular flexibility index (Phi) is 3.46. The summed E-state index contributed by atoms with van der Waals surface area (Å²) in [7, 11) is 0. The fourth-order valence-corrected chi connectivity index (χ4v) is 1.57. The molecule has 7 heteroatoms. The summed E-state index contributed by atoms with van der Waals surface area (Å²) >= 11 is 0. The molecule has 0 saturated heterocycles. The van der Waals surface area contributed by atoms with Crippen LogP contribution in [0.15, 0.2) is 30.5 Å². The highest BCUT2D eigenvalue weighted by Crippen LogP contribution is 2.21. The summed E-state index contributed by atoms with van der Waals surface area (Å²) in [5, 5.41) is 2.65. The van der Waals surface area contributed by atoms with E-state index in [1.807, 2.05) is 0 Å². The summed E-state index contributed by atoms with van der Waals surface area (Å²) in [5.74, 6) is -5.05. The van der Waals surface area contributed by atoms with Crippen LogP contribution in [-0.4, -0.2) is 29.8 Å². The van der Waals surface area contributed by atoms with Crippen LogP contribution in [0, 0.1) is 0 Å². The van der Waals surface area contributed by atoms with Gasteiger partial charge in [0.2, 0.25) is 0 Å². The van der Waals surface area contributed by atoms with Gasteiger partial charge >= 0.3 is 12.3 Å². The zero-order valence-corrected chi connectivity index (χ0v) is 9.59. The Bertz CT molecular complexity index is 594. The van der Waals surface area contributed by atoms with Gasteiger partial charge in [-0.25, -0.2) is 8.78 Å². The first kappa shape index (κ1) is 13.4. The van der Waals surface area contributed by atoms with Gasteiger partial charge in [0.05, 0.1) is 6.54 Å². The second-order valence-corrected chi connectivity index (χ2v) is 4.02. The lowest BCUT2D eigenvalue weighted by atomic mass is 10.1. The van der Waals surface area contributed by atoms with Crippen LogP contribution in [0.4, 0.5) is 17.6 Å². The van der Waals surface area contributed by atoms with Crippen LogP contribution < -0.4 is 5.32 Å². The summed E-state index contributed by atoms with van der Waals surface area (Å²) in [4.78, 5) is 14.4. The number of fused-ring (bicyclic) bond motifs is 1. The molecule has 0 aliphatic rings. The van der Waals surface area contributed by atoms with Gasteiger partial charge in [-0.1, -0.05) is 6.07 Å². The van der Waals surface area contributed by atoms with Gasteiger partial charge in [0.1, 0.15) is 0 Å². The van der Waals surface area contributed by atoms with Crippen molar-refractivity contribution in [2.75, 3.05) is 6.54 Å². The highest BCUT2D eigenvalue weighted by molar-refractivity contribution is 5.97. The molecule has 0 saturated carbocycles.